The summed E-state index contributed by atoms with van der Waals surface area (Å²) in [5, 5.41) is 9.24. The molecule has 0 saturated carbocycles. The number of nitrogens with zero attached hydrogens (tertiary/aromatic N) is 1. The lowest BCUT2D eigenvalue weighted by atomic mass is 10.0. The monoisotopic (exact) mass is 277 g/mol. The Morgan fingerprint density at radius 2 is 1.85 bits per heavy atom. The summed E-state index contributed by atoms with van der Waals surface area (Å²) < 4.78 is 5.49. The fourth-order valence-corrected chi connectivity index (χ4v) is 2.73. The Bertz CT molecular complexity index is 519. The molecule has 0 radical (unpaired) electrons. The summed E-state index contributed by atoms with van der Waals surface area (Å²) in [7, 11) is 0. The molecule has 0 saturated heterocycles. The molecule has 1 aromatic carbocycles. The third-order valence-corrected chi connectivity index (χ3v) is 3.67. The average Bonchev–Trinajstić information content (AvgIpc) is 2.59. The van der Waals surface area contributed by atoms with Gasteiger partial charge in [-0.05, 0) is 51.3 Å². The van der Waals surface area contributed by atoms with Crippen LogP contribution in [0.2, 0.25) is 0 Å². The zero-order chi connectivity index (χ0) is 15.1. The lowest BCUT2D eigenvalue weighted by molar-refractivity contribution is 0.0125. The van der Waals surface area contributed by atoms with Crippen molar-refractivity contribution in [1.29, 1.82) is 0 Å². The van der Waals surface area contributed by atoms with Gasteiger partial charge >= 0.3 is 6.09 Å². The molecule has 1 aromatic rings. The fourth-order valence-electron chi connectivity index (χ4n) is 2.73. The maximum Gasteiger partial charge on any atom is 0.411 e. The van der Waals surface area contributed by atoms with Crippen molar-refractivity contribution in [3.63, 3.8) is 0 Å². The van der Waals surface area contributed by atoms with E-state index < -0.39 is 5.60 Å². The summed E-state index contributed by atoms with van der Waals surface area (Å²) in [5.41, 5.74) is 2.59. The molecule has 1 aliphatic heterocycles. The molecule has 1 N–H and O–H groups in total. The minimum Gasteiger partial charge on any atom is -0.444 e. The molecule has 0 fully saturated rings. The second-order valence-electron chi connectivity index (χ2n) is 6.36. The van der Waals surface area contributed by atoms with E-state index in [1.54, 1.807) is 4.90 Å². The van der Waals surface area contributed by atoms with Gasteiger partial charge in [0.05, 0.1) is 18.7 Å². The van der Waals surface area contributed by atoms with Gasteiger partial charge in [-0.1, -0.05) is 18.2 Å². The molecular weight excluding hydrogens is 254 g/mol. The summed E-state index contributed by atoms with van der Waals surface area (Å²) in [6.07, 6.45) is -0.292. The first kappa shape index (κ1) is 14.9. The maximum atomic E-state index is 12.4. The molecule has 0 spiro atoms. The highest BCUT2D eigenvalue weighted by Gasteiger charge is 2.38. The van der Waals surface area contributed by atoms with Crippen LogP contribution >= 0.6 is 0 Å². The number of amides is 1. The Morgan fingerprint density at radius 3 is 2.40 bits per heavy atom. The number of hydrogen-bond donors (Lipinski definition) is 1. The van der Waals surface area contributed by atoms with Crippen LogP contribution < -0.4 is 0 Å². The van der Waals surface area contributed by atoms with Gasteiger partial charge in [0.15, 0.2) is 0 Å². The smallest absolute Gasteiger partial charge is 0.411 e. The standard InChI is InChI=1S/C16H23NO3/c1-10-13-7-6-12(9-18)8-14(13)11(2)17(10)15(19)20-16(3,4)5/h6-8,10-11,18H,9H2,1-5H3. The van der Waals surface area contributed by atoms with Crippen molar-refractivity contribution in [3.8, 4) is 0 Å². The maximum absolute atomic E-state index is 12.4. The van der Waals surface area contributed by atoms with Gasteiger partial charge in [-0.2, -0.15) is 0 Å². The summed E-state index contributed by atoms with van der Waals surface area (Å²) in [6, 6.07) is 5.82. The van der Waals surface area contributed by atoms with E-state index in [-0.39, 0.29) is 24.8 Å². The summed E-state index contributed by atoms with van der Waals surface area (Å²) in [4.78, 5) is 14.1. The molecule has 2 atom stereocenters. The van der Waals surface area contributed by atoms with Crippen molar-refractivity contribution in [2.75, 3.05) is 0 Å². The van der Waals surface area contributed by atoms with E-state index in [0.29, 0.717) is 0 Å². The normalized spacial score (nSPS) is 21.8. The predicted molar refractivity (Wildman–Crippen MR) is 77.3 cm³/mol. The molecule has 4 heteroatoms. The Morgan fingerprint density at radius 1 is 1.25 bits per heavy atom. The van der Waals surface area contributed by atoms with Crippen LogP contribution in [0.1, 0.15) is 63.4 Å². The third-order valence-electron chi connectivity index (χ3n) is 3.67. The quantitative estimate of drug-likeness (QED) is 0.854. The number of aliphatic hydroxyl groups excluding tert-OH is 1. The summed E-state index contributed by atoms with van der Waals surface area (Å²) in [6.45, 7) is 9.62. The Hall–Kier alpha value is -1.55. The van der Waals surface area contributed by atoms with Crippen LogP contribution in [0.5, 0.6) is 0 Å². The molecule has 1 amide bonds. The van der Waals surface area contributed by atoms with Crippen molar-refractivity contribution in [2.45, 2.75) is 58.9 Å². The van der Waals surface area contributed by atoms with E-state index >= 15 is 0 Å². The Labute approximate surface area is 120 Å². The minimum absolute atomic E-state index is 0.0115. The van der Waals surface area contributed by atoms with Crippen LogP contribution in [0.15, 0.2) is 18.2 Å². The predicted octanol–water partition coefficient (Wildman–Crippen LogP) is 3.55. The number of rotatable bonds is 1. The molecule has 0 bridgehead atoms. The molecule has 0 aromatic heterocycles. The molecule has 2 rings (SSSR count). The number of carbonyl (C=O) groups is 1. The average molecular weight is 277 g/mol. The van der Waals surface area contributed by atoms with Crippen LogP contribution in [-0.4, -0.2) is 21.7 Å². The number of benzene rings is 1. The molecule has 4 nitrogen and oxygen atoms in total. The van der Waals surface area contributed by atoms with Gasteiger partial charge < -0.3 is 9.84 Å². The molecule has 1 heterocycles. The van der Waals surface area contributed by atoms with E-state index in [4.69, 9.17) is 4.74 Å². The first-order chi connectivity index (χ1) is 9.24. The van der Waals surface area contributed by atoms with Crippen LogP contribution in [-0.2, 0) is 11.3 Å². The second kappa shape index (κ2) is 5.09. The van der Waals surface area contributed by atoms with Crippen LogP contribution in [0.25, 0.3) is 0 Å². The minimum atomic E-state index is -0.498. The number of hydrogen-bond acceptors (Lipinski definition) is 3. The summed E-state index contributed by atoms with van der Waals surface area (Å²) >= 11 is 0. The van der Waals surface area contributed by atoms with Crippen molar-refractivity contribution in [3.05, 3.63) is 34.9 Å². The molecular formula is C16H23NO3. The molecule has 0 aliphatic carbocycles. The zero-order valence-electron chi connectivity index (χ0n) is 12.8. The molecule has 1 aliphatic rings. The fraction of sp³-hybridized carbons (Fsp3) is 0.562. The molecule has 20 heavy (non-hydrogen) atoms. The second-order valence-corrected chi connectivity index (χ2v) is 6.36. The van der Waals surface area contributed by atoms with Gasteiger partial charge in [0.25, 0.3) is 0 Å². The zero-order valence-corrected chi connectivity index (χ0v) is 12.8. The number of fused-ring (bicyclic) bond motifs is 1. The van der Waals surface area contributed by atoms with Crippen molar-refractivity contribution in [1.82, 2.24) is 4.90 Å². The van der Waals surface area contributed by atoms with Gasteiger partial charge in [-0.15, -0.1) is 0 Å². The molecule has 2 unspecified atom stereocenters. The Kier molecular flexibility index (Phi) is 3.78. The van der Waals surface area contributed by atoms with Gasteiger partial charge in [-0.3, -0.25) is 4.90 Å². The third kappa shape index (κ3) is 2.66. The number of aliphatic hydroxyl groups is 1. The van der Waals surface area contributed by atoms with Crippen LogP contribution in [0.3, 0.4) is 0 Å². The topological polar surface area (TPSA) is 49.8 Å². The number of ether oxygens (including phenoxy) is 1. The van der Waals surface area contributed by atoms with Gasteiger partial charge in [0.2, 0.25) is 0 Å². The first-order valence-electron chi connectivity index (χ1n) is 6.99. The van der Waals surface area contributed by atoms with Crippen molar-refractivity contribution in [2.24, 2.45) is 0 Å². The first-order valence-corrected chi connectivity index (χ1v) is 6.99. The molecule has 110 valence electrons. The lowest BCUT2D eigenvalue weighted by Crippen LogP contribution is -2.36. The van der Waals surface area contributed by atoms with Crippen molar-refractivity contribution < 1.29 is 14.6 Å². The lowest BCUT2D eigenvalue weighted by Gasteiger charge is -2.30. The van der Waals surface area contributed by atoms with E-state index in [2.05, 4.69) is 0 Å². The van der Waals surface area contributed by atoms with E-state index in [1.165, 1.54) is 0 Å². The van der Waals surface area contributed by atoms with Gasteiger partial charge in [0, 0.05) is 0 Å². The Balaban J connectivity index is 2.29. The van der Waals surface area contributed by atoms with Crippen LogP contribution in [0.4, 0.5) is 4.79 Å². The largest absolute Gasteiger partial charge is 0.444 e. The van der Waals surface area contributed by atoms with Gasteiger partial charge in [-0.25, -0.2) is 4.79 Å². The van der Waals surface area contributed by atoms with Crippen molar-refractivity contribution >= 4 is 6.09 Å². The highest BCUT2D eigenvalue weighted by Crippen LogP contribution is 2.42. The van der Waals surface area contributed by atoms with E-state index in [1.807, 2.05) is 52.8 Å². The van der Waals surface area contributed by atoms with E-state index in [0.717, 1.165) is 16.7 Å². The number of carbonyl (C=O) groups excluding carboxylic acids is 1. The van der Waals surface area contributed by atoms with Gasteiger partial charge in [0.1, 0.15) is 5.60 Å². The SMILES string of the molecule is CC1c2ccc(CO)cc2C(C)N1C(=O)OC(C)(C)C. The highest BCUT2D eigenvalue weighted by molar-refractivity contribution is 5.71. The van der Waals surface area contributed by atoms with Crippen LogP contribution in [0, 0.1) is 0 Å². The summed E-state index contributed by atoms with van der Waals surface area (Å²) in [5.74, 6) is 0. The van der Waals surface area contributed by atoms with E-state index in [9.17, 15) is 9.90 Å². The highest BCUT2D eigenvalue weighted by atomic mass is 16.6.